The minimum atomic E-state index is 0.0570. The van der Waals surface area contributed by atoms with Crippen molar-refractivity contribution in [3.63, 3.8) is 0 Å². The zero-order valence-electron chi connectivity index (χ0n) is 15.0. The second-order valence-corrected chi connectivity index (χ2v) is 8.40. The van der Waals surface area contributed by atoms with Crippen LogP contribution in [-0.2, 0) is 16.1 Å². The van der Waals surface area contributed by atoms with Gasteiger partial charge < -0.3 is 10.2 Å². The van der Waals surface area contributed by atoms with E-state index in [1.807, 2.05) is 24.3 Å². The summed E-state index contributed by atoms with van der Waals surface area (Å²) in [6, 6.07) is 7.96. The van der Waals surface area contributed by atoms with Gasteiger partial charge in [0.15, 0.2) is 0 Å². The monoisotopic (exact) mass is 375 g/mol. The fourth-order valence-corrected chi connectivity index (χ4v) is 5.16. The lowest BCUT2D eigenvalue weighted by Crippen LogP contribution is -2.61. The number of halogens is 1. The highest BCUT2D eigenvalue weighted by Gasteiger charge is 2.43. The molecule has 1 N–H and O–H groups in total. The van der Waals surface area contributed by atoms with Crippen LogP contribution in [0.25, 0.3) is 0 Å². The van der Waals surface area contributed by atoms with Gasteiger partial charge in [0.25, 0.3) is 0 Å². The Kier molecular flexibility index (Phi) is 5.18. The lowest BCUT2D eigenvalue weighted by molar-refractivity contribution is -0.145. The third-order valence-corrected chi connectivity index (χ3v) is 6.24. The molecule has 0 aromatic heterocycles. The van der Waals surface area contributed by atoms with Crippen LogP contribution in [0.4, 0.5) is 0 Å². The molecule has 1 aromatic carbocycles. The van der Waals surface area contributed by atoms with Crippen molar-refractivity contribution in [2.75, 3.05) is 26.2 Å². The number of hydrogen-bond donors (Lipinski definition) is 1. The molecule has 0 aliphatic carbocycles. The van der Waals surface area contributed by atoms with Crippen LogP contribution in [0.5, 0.6) is 0 Å². The number of rotatable bonds is 4. The summed E-state index contributed by atoms with van der Waals surface area (Å²) in [7, 11) is 0. The summed E-state index contributed by atoms with van der Waals surface area (Å²) in [6.45, 7) is 3.66. The molecule has 0 unspecified atom stereocenters. The number of nitrogens with zero attached hydrogens (tertiary/aromatic N) is 2. The lowest BCUT2D eigenvalue weighted by atomic mass is 9.76. The zero-order valence-corrected chi connectivity index (χ0v) is 15.8. The molecule has 1 aromatic rings. The van der Waals surface area contributed by atoms with E-state index in [9.17, 15) is 9.59 Å². The molecule has 5 nitrogen and oxygen atoms in total. The molecule has 3 aliphatic rings. The number of hydrogen-bond acceptors (Lipinski definition) is 3. The predicted octanol–water partition coefficient (Wildman–Crippen LogP) is 2.29. The SMILES string of the molecule is O=C(CN1C[C@H]2C[C@H](C1)[C@H]1CCCC(=O)N1C2)NCc1cccc(Cl)c1. The molecule has 3 aliphatic heterocycles. The maximum Gasteiger partial charge on any atom is 0.234 e. The molecule has 0 spiro atoms. The Morgan fingerprint density at radius 1 is 1.27 bits per heavy atom. The van der Waals surface area contributed by atoms with Gasteiger partial charge in [-0.05, 0) is 48.8 Å². The van der Waals surface area contributed by atoms with Gasteiger partial charge in [-0.15, -0.1) is 0 Å². The molecule has 26 heavy (non-hydrogen) atoms. The second-order valence-electron chi connectivity index (χ2n) is 7.97. The van der Waals surface area contributed by atoms with Gasteiger partial charge in [-0.2, -0.15) is 0 Å². The topological polar surface area (TPSA) is 52.7 Å². The first-order valence-corrected chi connectivity index (χ1v) is 9.99. The summed E-state index contributed by atoms with van der Waals surface area (Å²) in [4.78, 5) is 29.0. The molecule has 3 heterocycles. The molecule has 0 radical (unpaired) electrons. The number of benzene rings is 1. The average Bonchev–Trinajstić information content (AvgIpc) is 2.61. The Hall–Kier alpha value is -1.59. The molecule has 3 saturated heterocycles. The fraction of sp³-hybridized carbons (Fsp3) is 0.600. The first kappa shape index (κ1) is 17.8. The van der Waals surface area contributed by atoms with E-state index >= 15 is 0 Å². The van der Waals surface area contributed by atoms with Crippen molar-refractivity contribution >= 4 is 23.4 Å². The molecule has 4 rings (SSSR count). The third kappa shape index (κ3) is 3.89. The Morgan fingerprint density at radius 2 is 2.15 bits per heavy atom. The number of piperidine rings is 3. The smallest absolute Gasteiger partial charge is 0.234 e. The standard InChI is InChI=1S/C20H26ClN3O2/c21-17-4-1-3-14(8-17)9-22-19(25)13-23-10-15-7-16(12-23)18-5-2-6-20(26)24(18)11-15/h1,3-4,8,15-16,18H,2,5-7,9-13H2,(H,22,25)/t15-,16-,18-/m1/s1. The highest BCUT2D eigenvalue weighted by Crippen LogP contribution is 2.37. The van der Waals surface area contributed by atoms with Gasteiger partial charge in [0.2, 0.25) is 11.8 Å². The summed E-state index contributed by atoms with van der Waals surface area (Å²) >= 11 is 5.99. The van der Waals surface area contributed by atoms with Crippen molar-refractivity contribution in [3.05, 3.63) is 34.9 Å². The minimum absolute atomic E-state index is 0.0570. The Labute approximate surface area is 159 Å². The first-order valence-electron chi connectivity index (χ1n) is 9.61. The fourth-order valence-electron chi connectivity index (χ4n) is 4.95. The molecular formula is C20H26ClN3O2. The maximum absolute atomic E-state index is 12.4. The van der Waals surface area contributed by atoms with Crippen molar-refractivity contribution in [1.82, 2.24) is 15.1 Å². The van der Waals surface area contributed by atoms with Gasteiger partial charge in [-0.3, -0.25) is 14.5 Å². The quantitative estimate of drug-likeness (QED) is 0.878. The summed E-state index contributed by atoms with van der Waals surface area (Å²) in [6.07, 6.45) is 4.06. The normalized spacial score (nSPS) is 28.6. The van der Waals surface area contributed by atoms with E-state index in [4.69, 9.17) is 11.6 Å². The number of carbonyl (C=O) groups excluding carboxylic acids is 2. The van der Waals surface area contributed by atoms with Gasteiger partial charge in [-0.1, -0.05) is 23.7 Å². The average molecular weight is 376 g/mol. The molecule has 2 bridgehead atoms. The molecule has 6 heteroatoms. The van der Waals surface area contributed by atoms with Crippen LogP contribution in [0.2, 0.25) is 5.02 Å². The van der Waals surface area contributed by atoms with Gasteiger partial charge >= 0.3 is 0 Å². The first-order chi connectivity index (χ1) is 12.6. The Bertz CT molecular complexity index is 695. The summed E-state index contributed by atoms with van der Waals surface area (Å²) in [5.41, 5.74) is 1.01. The van der Waals surface area contributed by atoms with Gasteiger partial charge in [-0.25, -0.2) is 0 Å². The predicted molar refractivity (Wildman–Crippen MR) is 101 cm³/mol. The van der Waals surface area contributed by atoms with Crippen LogP contribution >= 0.6 is 11.6 Å². The van der Waals surface area contributed by atoms with E-state index < -0.39 is 0 Å². The summed E-state index contributed by atoms with van der Waals surface area (Å²) in [5, 5.41) is 3.69. The van der Waals surface area contributed by atoms with Crippen molar-refractivity contribution < 1.29 is 9.59 Å². The van der Waals surface area contributed by atoms with Crippen LogP contribution < -0.4 is 5.32 Å². The van der Waals surface area contributed by atoms with E-state index in [0.717, 1.165) is 38.0 Å². The minimum Gasteiger partial charge on any atom is -0.351 e. The highest BCUT2D eigenvalue weighted by atomic mass is 35.5. The molecular weight excluding hydrogens is 350 g/mol. The lowest BCUT2D eigenvalue weighted by Gasteiger charge is -2.52. The van der Waals surface area contributed by atoms with Crippen LogP contribution in [0, 0.1) is 11.8 Å². The van der Waals surface area contributed by atoms with Crippen molar-refractivity contribution in [2.45, 2.75) is 38.3 Å². The summed E-state index contributed by atoms with van der Waals surface area (Å²) in [5.74, 6) is 1.42. The second kappa shape index (κ2) is 7.57. The third-order valence-electron chi connectivity index (χ3n) is 6.00. The summed E-state index contributed by atoms with van der Waals surface area (Å²) < 4.78 is 0. The van der Waals surface area contributed by atoms with E-state index in [2.05, 4.69) is 15.1 Å². The number of fused-ring (bicyclic) bond motifs is 4. The number of nitrogens with one attached hydrogen (secondary N) is 1. The van der Waals surface area contributed by atoms with Gasteiger partial charge in [0.05, 0.1) is 6.54 Å². The van der Waals surface area contributed by atoms with Gasteiger partial charge in [0, 0.05) is 43.7 Å². The molecule has 0 saturated carbocycles. The van der Waals surface area contributed by atoms with E-state index in [1.54, 1.807) is 0 Å². The number of amides is 2. The van der Waals surface area contributed by atoms with E-state index in [0.29, 0.717) is 48.3 Å². The highest BCUT2D eigenvalue weighted by molar-refractivity contribution is 6.30. The van der Waals surface area contributed by atoms with Crippen molar-refractivity contribution in [2.24, 2.45) is 11.8 Å². The van der Waals surface area contributed by atoms with Gasteiger partial charge in [0.1, 0.15) is 0 Å². The molecule has 140 valence electrons. The van der Waals surface area contributed by atoms with Crippen LogP contribution in [0.3, 0.4) is 0 Å². The van der Waals surface area contributed by atoms with E-state index in [-0.39, 0.29) is 5.91 Å². The van der Waals surface area contributed by atoms with Crippen molar-refractivity contribution in [1.29, 1.82) is 0 Å². The molecule has 3 fully saturated rings. The zero-order chi connectivity index (χ0) is 18.1. The van der Waals surface area contributed by atoms with Crippen LogP contribution in [-0.4, -0.2) is 53.8 Å². The van der Waals surface area contributed by atoms with E-state index in [1.165, 1.54) is 6.42 Å². The van der Waals surface area contributed by atoms with Crippen LogP contribution in [0.15, 0.2) is 24.3 Å². The molecule has 2 amide bonds. The maximum atomic E-state index is 12.4. The number of likely N-dealkylation sites (tertiary alicyclic amines) is 1. The Balaban J connectivity index is 1.31. The van der Waals surface area contributed by atoms with Crippen LogP contribution in [0.1, 0.15) is 31.2 Å². The molecule has 3 atom stereocenters. The van der Waals surface area contributed by atoms with Crippen molar-refractivity contribution in [3.8, 4) is 0 Å². The Morgan fingerprint density at radius 3 is 3.00 bits per heavy atom. The number of carbonyl (C=O) groups is 2. The largest absolute Gasteiger partial charge is 0.351 e.